The second-order valence-corrected chi connectivity index (χ2v) is 10.7. The van der Waals surface area contributed by atoms with Gasteiger partial charge in [-0.1, -0.05) is 101 Å². The Labute approximate surface area is 226 Å². The maximum absolute atomic E-state index is 14.0. The molecule has 3 aromatic carbocycles. The molecule has 5 heteroatoms. The average molecular weight is 528 g/mol. The molecule has 1 radical (unpaired) electrons. The summed E-state index contributed by atoms with van der Waals surface area (Å²) in [7, 11) is -1.40. The molecule has 0 bridgehead atoms. The third kappa shape index (κ3) is 10.1. The quantitative estimate of drug-likeness (QED) is 0.141. The molecule has 0 saturated heterocycles. The van der Waals surface area contributed by atoms with E-state index >= 15 is 0 Å². The zero-order valence-electron chi connectivity index (χ0n) is 23.8. The highest BCUT2D eigenvalue weighted by molar-refractivity contribution is 6.36. The normalized spacial score (nSPS) is 14.6. The number of unbranched alkanes of at least 4 members (excludes halogenated alkanes) is 5. The molecule has 3 aromatic rings. The van der Waals surface area contributed by atoms with Gasteiger partial charge in [0, 0.05) is 19.8 Å². The first-order valence-corrected chi connectivity index (χ1v) is 15.7. The lowest BCUT2D eigenvalue weighted by Gasteiger charge is -2.21. The second kappa shape index (κ2) is 18.5. The van der Waals surface area contributed by atoms with Crippen molar-refractivity contribution >= 4 is 31.1 Å². The molecule has 0 fully saturated rings. The third-order valence-corrected chi connectivity index (χ3v) is 8.11. The van der Waals surface area contributed by atoms with Gasteiger partial charge in [0.05, 0.1) is 0 Å². The van der Waals surface area contributed by atoms with Gasteiger partial charge in [0.1, 0.15) is 6.17 Å². The maximum Gasteiger partial charge on any atom is 0.577 e. The van der Waals surface area contributed by atoms with Crippen LogP contribution in [0.4, 0.5) is 4.39 Å². The lowest BCUT2D eigenvalue weighted by Crippen LogP contribution is -2.27. The van der Waals surface area contributed by atoms with Crippen LogP contribution in [0.15, 0.2) is 48.5 Å². The molecule has 0 aromatic heterocycles. The highest BCUT2D eigenvalue weighted by Gasteiger charge is 2.21. The van der Waals surface area contributed by atoms with Crippen molar-refractivity contribution in [2.24, 2.45) is 0 Å². The highest BCUT2D eigenvalue weighted by Crippen LogP contribution is 2.38. The van der Waals surface area contributed by atoms with Crippen LogP contribution in [0, 0.1) is 0 Å². The number of hydrogen-bond donors (Lipinski definition) is 0. The number of aryl methyl sites for hydroxylation is 1. The molecule has 1 aliphatic rings. The van der Waals surface area contributed by atoms with E-state index in [2.05, 4.69) is 56.3 Å². The van der Waals surface area contributed by atoms with Crippen molar-refractivity contribution in [2.45, 2.75) is 98.6 Å². The predicted octanol–water partition coefficient (Wildman–Crippen LogP) is 9.79. The molecule has 1 unspecified atom stereocenters. The molecule has 1 aliphatic carbocycles. The fourth-order valence-electron chi connectivity index (χ4n) is 4.69. The molecular weight excluding hydrogens is 479 g/mol. The van der Waals surface area contributed by atoms with E-state index in [9.17, 15) is 4.39 Å². The van der Waals surface area contributed by atoms with E-state index in [-0.39, 0.29) is 0 Å². The number of fused-ring (bicyclic) bond motifs is 5. The van der Waals surface area contributed by atoms with E-state index < -0.39 is 15.7 Å². The van der Waals surface area contributed by atoms with Crippen LogP contribution in [0.25, 0.3) is 21.5 Å². The van der Waals surface area contributed by atoms with Crippen LogP contribution in [-0.2, 0) is 19.7 Å². The van der Waals surface area contributed by atoms with Gasteiger partial charge in [0.15, 0.2) is 0 Å². The minimum Gasteiger partial charge on any atom is -0.371 e. The van der Waals surface area contributed by atoms with Gasteiger partial charge in [-0.25, -0.2) is 4.39 Å². The lowest BCUT2D eigenvalue weighted by molar-refractivity contribution is 0.107. The van der Waals surface area contributed by atoms with Crippen LogP contribution in [0.1, 0.15) is 103 Å². The molecule has 0 spiro atoms. The van der Waals surface area contributed by atoms with Crippen molar-refractivity contribution in [2.75, 3.05) is 19.8 Å². The van der Waals surface area contributed by atoms with Gasteiger partial charge in [-0.15, -0.1) is 0 Å². The summed E-state index contributed by atoms with van der Waals surface area (Å²) in [5.74, 6) is 0. The van der Waals surface area contributed by atoms with E-state index in [1.807, 2.05) is 26.8 Å². The first kappa shape index (κ1) is 31.4. The third-order valence-electron chi connectivity index (χ3n) is 6.54. The van der Waals surface area contributed by atoms with Gasteiger partial charge >= 0.3 is 9.53 Å². The monoisotopic (exact) mass is 527 g/mol. The van der Waals surface area contributed by atoms with E-state index in [1.54, 1.807) is 0 Å². The number of halogens is 1. The molecule has 0 heterocycles. The van der Waals surface area contributed by atoms with Gasteiger partial charge in [-0.2, -0.15) is 0 Å². The van der Waals surface area contributed by atoms with Gasteiger partial charge < -0.3 is 13.3 Å². The van der Waals surface area contributed by atoms with Crippen LogP contribution >= 0.6 is 0 Å². The van der Waals surface area contributed by atoms with Gasteiger partial charge in [-0.05, 0) is 72.7 Å². The summed E-state index contributed by atoms with van der Waals surface area (Å²) in [6, 6.07) is 16.8. The summed E-state index contributed by atoms with van der Waals surface area (Å²) in [4.78, 5) is 0. The molecule has 1 atom stereocenters. The molecule has 0 saturated carbocycles. The molecule has 3 nitrogen and oxygen atoms in total. The Bertz CT molecular complexity index is 1010. The Balaban J connectivity index is 0.000000228. The summed E-state index contributed by atoms with van der Waals surface area (Å²) >= 11 is 0. The first-order valence-electron chi connectivity index (χ1n) is 14.4. The van der Waals surface area contributed by atoms with Gasteiger partial charge in [0.25, 0.3) is 0 Å². The number of alkyl halides is 1. The summed E-state index contributed by atoms with van der Waals surface area (Å²) in [6.07, 6.45) is 10.3. The van der Waals surface area contributed by atoms with E-state index in [0.717, 1.165) is 18.4 Å². The number of benzene rings is 3. The number of rotatable bonds is 11. The molecule has 0 amide bonds. The van der Waals surface area contributed by atoms with Crippen LogP contribution in [0.5, 0.6) is 0 Å². The minimum absolute atomic E-state index is 0.661. The van der Waals surface area contributed by atoms with Crippen LogP contribution < -0.4 is 0 Å². The summed E-state index contributed by atoms with van der Waals surface area (Å²) in [5.41, 5.74) is 2.14. The van der Waals surface area contributed by atoms with Crippen molar-refractivity contribution in [3.8, 4) is 0 Å². The molecule has 37 heavy (non-hydrogen) atoms. The molecule has 205 valence electrons. The summed E-state index contributed by atoms with van der Waals surface area (Å²) < 4.78 is 29.6. The van der Waals surface area contributed by atoms with Crippen LogP contribution in [-0.4, -0.2) is 29.3 Å². The molecule has 0 N–H and O–H groups in total. The first-order chi connectivity index (χ1) is 18.1. The largest absolute Gasteiger partial charge is 0.577 e. The lowest BCUT2D eigenvalue weighted by atomic mass is 9.85. The SMILES string of the molecule is CCCCCCCC.CCO[Si](OCC)OCC.FC1CCCc2c1ccc1c2ccc2ccccc21. The predicted molar refractivity (Wildman–Crippen MR) is 158 cm³/mol. The van der Waals surface area contributed by atoms with Crippen molar-refractivity contribution in [1.29, 1.82) is 0 Å². The highest BCUT2D eigenvalue weighted by atomic mass is 28.3. The van der Waals surface area contributed by atoms with Crippen molar-refractivity contribution in [1.82, 2.24) is 0 Å². The van der Waals surface area contributed by atoms with E-state index in [0.29, 0.717) is 26.2 Å². The number of hydrogen-bond acceptors (Lipinski definition) is 3. The van der Waals surface area contributed by atoms with Gasteiger partial charge in [0.2, 0.25) is 0 Å². The van der Waals surface area contributed by atoms with E-state index in [4.69, 9.17) is 13.3 Å². The molecular formula is C32H48FO3Si. The fourth-order valence-corrected chi connectivity index (χ4v) is 5.64. The Hall–Kier alpha value is -1.79. The Kier molecular flexibility index (Phi) is 15.7. The summed E-state index contributed by atoms with van der Waals surface area (Å²) in [6.45, 7) is 12.3. The van der Waals surface area contributed by atoms with Gasteiger partial charge in [-0.3, -0.25) is 0 Å². The fraction of sp³-hybridized carbons (Fsp3) is 0.562. The maximum atomic E-state index is 14.0. The molecule has 0 aliphatic heterocycles. The Morgan fingerprint density at radius 2 is 1.30 bits per heavy atom. The van der Waals surface area contributed by atoms with Crippen molar-refractivity contribution in [3.63, 3.8) is 0 Å². The molecule has 4 rings (SSSR count). The second-order valence-electron chi connectivity index (χ2n) is 9.34. The van der Waals surface area contributed by atoms with Crippen molar-refractivity contribution in [3.05, 3.63) is 59.7 Å². The van der Waals surface area contributed by atoms with Crippen LogP contribution in [0.2, 0.25) is 0 Å². The van der Waals surface area contributed by atoms with Crippen LogP contribution in [0.3, 0.4) is 0 Å². The Morgan fingerprint density at radius 3 is 1.89 bits per heavy atom. The Morgan fingerprint density at radius 1 is 0.703 bits per heavy atom. The zero-order valence-corrected chi connectivity index (χ0v) is 24.8. The van der Waals surface area contributed by atoms with E-state index in [1.165, 1.54) is 65.6 Å². The minimum atomic E-state index is -1.40. The smallest absolute Gasteiger partial charge is 0.371 e. The zero-order chi connectivity index (χ0) is 26.9. The topological polar surface area (TPSA) is 27.7 Å². The summed E-state index contributed by atoms with van der Waals surface area (Å²) in [5, 5.41) is 5.01. The average Bonchev–Trinajstić information content (AvgIpc) is 2.92. The standard InChI is InChI=1S/C18H15F.C8H18.C6H15O3Si/c19-18-7-3-6-14-16-9-8-12-4-1-2-5-13(12)15(16)10-11-17(14)18;1-3-5-7-8-6-4-2;1-4-7-10(8-5-2)9-6-3/h1-2,4-5,8-11,18H,3,6-7H2;3-8H2,1-2H3;4-6H2,1-3H3. The van der Waals surface area contributed by atoms with Crippen molar-refractivity contribution < 1.29 is 17.7 Å².